The molecule has 2 fully saturated rings. The van der Waals surface area contributed by atoms with E-state index < -0.39 is 0 Å². The Labute approximate surface area is 196 Å². The lowest BCUT2D eigenvalue weighted by Gasteiger charge is -2.27. The number of unbranched alkanes of at least 4 members (excludes halogenated alkanes) is 3. The molecule has 182 valence electrons. The molecule has 4 heteroatoms. The van der Waals surface area contributed by atoms with Gasteiger partial charge in [0, 0.05) is 24.6 Å². The standard InChI is InChI=1S/C28H47NO3/c1-23(27(30)24(2)15-12-18-26-16-10-7-11-17-26)13-8-5-4-6-9-14-25(3)28(31)29-19-21-32-22-20-29/h8,13-15,23,26-27,30H,4-7,9-12,16-22H2,1-3H3/b13-8+,24-15+,25-14+/t23-,27-/m1/s1. The summed E-state index contributed by atoms with van der Waals surface area (Å²) in [6.07, 6.45) is 21.9. The van der Waals surface area contributed by atoms with Crippen LogP contribution in [0.25, 0.3) is 0 Å². The molecular weight excluding hydrogens is 398 g/mol. The number of nitrogens with zero attached hydrogens (tertiary/aromatic N) is 1. The van der Waals surface area contributed by atoms with Crippen molar-refractivity contribution in [2.45, 2.75) is 97.5 Å². The highest BCUT2D eigenvalue weighted by Gasteiger charge is 2.18. The largest absolute Gasteiger partial charge is 0.388 e. The summed E-state index contributed by atoms with van der Waals surface area (Å²) in [6, 6.07) is 0. The van der Waals surface area contributed by atoms with Crippen LogP contribution in [0, 0.1) is 11.8 Å². The van der Waals surface area contributed by atoms with E-state index in [0.29, 0.717) is 26.3 Å². The molecule has 0 aromatic carbocycles. The van der Waals surface area contributed by atoms with Crippen LogP contribution in [0.5, 0.6) is 0 Å². The van der Waals surface area contributed by atoms with E-state index in [9.17, 15) is 9.90 Å². The molecule has 1 N–H and O–H groups in total. The van der Waals surface area contributed by atoms with Gasteiger partial charge in [0.1, 0.15) is 0 Å². The van der Waals surface area contributed by atoms with Crippen molar-refractivity contribution in [2.75, 3.05) is 26.3 Å². The second-order valence-corrected chi connectivity index (χ2v) is 9.84. The van der Waals surface area contributed by atoms with Crippen LogP contribution < -0.4 is 0 Å². The lowest BCUT2D eigenvalue weighted by Crippen LogP contribution is -2.41. The molecular formula is C28H47NO3. The van der Waals surface area contributed by atoms with Crippen molar-refractivity contribution in [3.8, 4) is 0 Å². The van der Waals surface area contributed by atoms with Crippen molar-refractivity contribution in [1.29, 1.82) is 0 Å². The molecule has 2 atom stereocenters. The number of carbonyl (C=O) groups is 1. The fourth-order valence-corrected chi connectivity index (χ4v) is 4.80. The molecule has 0 aromatic heterocycles. The summed E-state index contributed by atoms with van der Waals surface area (Å²) in [7, 11) is 0. The Morgan fingerprint density at radius 1 is 1.03 bits per heavy atom. The maximum atomic E-state index is 12.4. The topological polar surface area (TPSA) is 49.8 Å². The lowest BCUT2D eigenvalue weighted by atomic mass is 9.85. The van der Waals surface area contributed by atoms with Gasteiger partial charge in [0.2, 0.25) is 5.91 Å². The van der Waals surface area contributed by atoms with Gasteiger partial charge in [0.15, 0.2) is 0 Å². The molecule has 0 aromatic rings. The van der Waals surface area contributed by atoms with E-state index in [1.165, 1.54) is 38.5 Å². The van der Waals surface area contributed by atoms with Crippen LogP contribution in [-0.4, -0.2) is 48.3 Å². The molecule has 0 unspecified atom stereocenters. The van der Waals surface area contributed by atoms with Gasteiger partial charge in [-0.1, -0.05) is 63.3 Å². The number of morpholine rings is 1. The summed E-state index contributed by atoms with van der Waals surface area (Å²) in [6.45, 7) is 8.79. The van der Waals surface area contributed by atoms with Gasteiger partial charge in [-0.2, -0.15) is 0 Å². The zero-order chi connectivity index (χ0) is 23.2. The average Bonchev–Trinajstić information content (AvgIpc) is 2.83. The number of carbonyl (C=O) groups excluding carboxylic acids is 1. The molecule has 1 saturated carbocycles. The maximum absolute atomic E-state index is 12.4. The molecule has 0 radical (unpaired) electrons. The number of ether oxygens (including phenoxy) is 1. The number of amides is 1. The Hall–Kier alpha value is -1.39. The van der Waals surface area contributed by atoms with Gasteiger partial charge in [-0.15, -0.1) is 0 Å². The smallest absolute Gasteiger partial charge is 0.249 e. The van der Waals surface area contributed by atoms with E-state index in [-0.39, 0.29) is 17.9 Å². The van der Waals surface area contributed by atoms with Crippen LogP contribution in [-0.2, 0) is 9.53 Å². The van der Waals surface area contributed by atoms with Gasteiger partial charge in [-0.25, -0.2) is 0 Å². The van der Waals surface area contributed by atoms with Crippen molar-refractivity contribution in [1.82, 2.24) is 4.90 Å². The van der Waals surface area contributed by atoms with Gasteiger partial charge < -0.3 is 14.7 Å². The minimum absolute atomic E-state index is 0.147. The third-order valence-corrected chi connectivity index (χ3v) is 7.08. The monoisotopic (exact) mass is 445 g/mol. The molecule has 1 saturated heterocycles. The summed E-state index contributed by atoms with van der Waals surface area (Å²) in [5.41, 5.74) is 1.97. The predicted octanol–water partition coefficient (Wildman–Crippen LogP) is 6.21. The number of rotatable bonds is 12. The Bertz CT molecular complexity index is 625. The highest BCUT2D eigenvalue weighted by atomic mass is 16.5. The van der Waals surface area contributed by atoms with Crippen molar-refractivity contribution in [3.05, 3.63) is 35.5 Å². The zero-order valence-electron chi connectivity index (χ0n) is 20.9. The van der Waals surface area contributed by atoms with E-state index in [1.807, 2.05) is 11.8 Å². The predicted molar refractivity (Wildman–Crippen MR) is 134 cm³/mol. The van der Waals surface area contributed by atoms with Crippen LogP contribution in [0.3, 0.4) is 0 Å². The summed E-state index contributed by atoms with van der Waals surface area (Å²) in [5.74, 6) is 1.20. The molecule has 1 aliphatic heterocycles. The normalized spacial score (nSPS) is 21.2. The average molecular weight is 446 g/mol. The van der Waals surface area contributed by atoms with E-state index in [0.717, 1.165) is 49.2 Å². The number of hydrogen-bond donors (Lipinski definition) is 1. The Balaban J connectivity index is 1.59. The van der Waals surface area contributed by atoms with Crippen molar-refractivity contribution >= 4 is 5.91 Å². The third-order valence-electron chi connectivity index (χ3n) is 7.08. The van der Waals surface area contributed by atoms with Gasteiger partial charge in [0.25, 0.3) is 0 Å². The highest BCUT2D eigenvalue weighted by Crippen LogP contribution is 2.28. The molecule has 4 nitrogen and oxygen atoms in total. The zero-order valence-corrected chi connectivity index (χ0v) is 20.9. The van der Waals surface area contributed by atoms with Crippen LogP contribution in [0.2, 0.25) is 0 Å². The van der Waals surface area contributed by atoms with Gasteiger partial charge >= 0.3 is 0 Å². The van der Waals surface area contributed by atoms with Crippen LogP contribution in [0.1, 0.15) is 91.4 Å². The van der Waals surface area contributed by atoms with E-state index in [1.54, 1.807) is 0 Å². The Morgan fingerprint density at radius 3 is 2.44 bits per heavy atom. The second-order valence-electron chi connectivity index (χ2n) is 9.84. The van der Waals surface area contributed by atoms with Crippen molar-refractivity contribution in [2.24, 2.45) is 11.8 Å². The van der Waals surface area contributed by atoms with Gasteiger partial charge in [-0.3, -0.25) is 4.79 Å². The summed E-state index contributed by atoms with van der Waals surface area (Å²) >= 11 is 0. The number of aliphatic hydroxyl groups excluding tert-OH is 1. The quantitative estimate of drug-likeness (QED) is 0.221. The lowest BCUT2D eigenvalue weighted by molar-refractivity contribution is -0.131. The molecule has 32 heavy (non-hydrogen) atoms. The molecule has 0 spiro atoms. The maximum Gasteiger partial charge on any atom is 0.249 e. The van der Waals surface area contributed by atoms with Crippen LogP contribution in [0.4, 0.5) is 0 Å². The van der Waals surface area contributed by atoms with E-state index in [4.69, 9.17) is 4.74 Å². The van der Waals surface area contributed by atoms with Crippen molar-refractivity contribution in [3.63, 3.8) is 0 Å². The van der Waals surface area contributed by atoms with Gasteiger partial charge in [0.05, 0.1) is 19.3 Å². The highest BCUT2D eigenvalue weighted by molar-refractivity contribution is 5.92. The molecule has 1 aliphatic carbocycles. The molecule has 2 aliphatic rings. The fourth-order valence-electron chi connectivity index (χ4n) is 4.80. The Morgan fingerprint density at radius 2 is 1.72 bits per heavy atom. The van der Waals surface area contributed by atoms with E-state index in [2.05, 4.69) is 38.2 Å². The third kappa shape index (κ3) is 10.0. The Kier molecular flexibility index (Phi) is 13.0. The van der Waals surface area contributed by atoms with Crippen LogP contribution >= 0.6 is 0 Å². The fraction of sp³-hybridized carbons (Fsp3) is 0.750. The summed E-state index contributed by atoms with van der Waals surface area (Å²) < 4.78 is 5.31. The second kappa shape index (κ2) is 15.4. The molecule has 1 amide bonds. The van der Waals surface area contributed by atoms with E-state index >= 15 is 0 Å². The number of hydrogen-bond acceptors (Lipinski definition) is 3. The minimum Gasteiger partial charge on any atom is -0.388 e. The summed E-state index contributed by atoms with van der Waals surface area (Å²) in [5, 5.41) is 10.6. The number of aliphatic hydroxyl groups is 1. The first-order valence-electron chi connectivity index (χ1n) is 13.0. The van der Waals surface area contributed by atoms with Crippen molar-refractivity contribution < 1.29 is 14.6 Å². The molecule has 2 rings (SSSR count). The molecule has 1 heterocycles. The first kappa shape index (κ1) is 26.9. The van der Waals surface area contributed by atoms with Gasteiger partial charge in [-0.05, 0) is 63.9 Å². The van der Waals surface area contributed by atoms with Crippen LogP contribution in [0.15, 0.2) is 35.5 Å². The molecule has 0 bridgehead atoms. The SMILES string of the molecule is C/C(=C\CCCC/C=C/[C@@H](C)[C@@H](O)/C(C)=C/CCC1CCCCC1)C(=O)N1CCOCC1. The first-order valence-corrected chi connectivity index (χ1v) is 13.0. The number of allylic oxidation sites excluding steroid dienone is 3. The first-order chi connectivity index (χ1) is 15.5. The summed E-state index contributed by atoms with van der Waals surface area (Å²) in [4.78, 5) is 14.3. The minimum atomic E-state index is -0.380.